The van der Waals surface area contributed by atoms with Crippen molar-refractivity contribution in [1.29, 1.82) is 0 Å². The van der Waals surface area contributed by atoms with Gasteiger partial charge in [0.05, 0.1) is 0 Å². The Bertz CT molecular complexity index is 421. The Hall–Kier alpha value is -1.09. The van der Waals surface area contributed by atoms with Crippen molar-refractivity contribution in [2.75, 3.05) is 5.32 Å². The molecule has 1 aromatic rings. The lowest BCUT2D eigenvalue weighted by Crippen LogP contribution is -2.18. The van der Waals surface area contributed by atoms with Gasteiger partial charge in [0.25, 0.3) is 0 Å². The number of hydrogen-bond acceptors (Lipinski definition) is 2. The van der Waals surface area contributed by atoms with E-state index in [9.17, 15) is 0 Å². The third kappa shape index (κ3) is 3.45. The maximum atomic E-state index is 5.68. The van der Waals surface area contributed by atoms with E-state index in [0.29, 0.717) is 11.0 Å². The molecule has 1 aliphatic carbocycles. The van der Waals surface area contributed by atoms with Gasteiger partial charge in [-0.2, -0.15) is 0 Å². The third-order valence-electron chi connectivity index (χ3n) is 3.72. The van der Waals surface area contributed by atoms with Crippen molar-refractivity contribution in [1.82, 2.24) is 0 Å². The van der Waals surface area contributed by atoms with E-state index in [1.807, 2.05) is 6.07 Å². The standard InChI is InChI=1S/C15H22N2S/c1-11-10-13(8-9-14(11)15(16)18)17-12-6-4-2-3-5-7-12/h8-10,12,17H,2-7H2,1H3,(H2,16,18). The summed E-state index contributed by atoms with van der Waals surface area (Å²) < 4.78 is 0. The molecule has 3 N–H and O–H groups in total. The summed E-state index contributed by atoms with van der Waals surface area (Å²) in [6.07, 6.45) is 8.05. The third-order valence-corrected chi connectivity index (χ3v) is 3.94. The summed E-state index contributed by atoms with van der Waals surface area (Å²) in [5.74, 6) is 0. The van der Waals surface area contributed by atoms with Gasteiger partial charge in [-0.25, -0.2) is 0 Å². The van der Waals surface area contributed by atoms with Crippen LogP contribution in [0.3, 0.4) is 0 Å². The molecule has 0 heterocycles. The SMILES string of the molecule is Cc1cc(NC2CCCCCC2)ccc1C(N)=S. The molecule has 98 valence electrons. The minimum atomic E-state index is 0.480. The predicted octanol–water partition coefficient (Wildman–Crippen LogP) is 3.76. The van der Waals surface area contributed by atoms with Crippen molar-refractivity contribution < 1.29 is 0 Å². The van der Waals surface area contributed by atoms with Crippen LogP contribution in [0.2, 0.25) is 0 Å². The molecule has 1 saturated carbocycles. The van der Waals surface area contributed by atoms with Crippen LogP contribution in [0.4, 0.5) is 5.69 Å². The second-order valence-electron chi connectivity index (χ2n) is 5.23. The van der Waals surface area contributed by atoms with Crippen molar-refractivity contribution in [3.05, 3.63) is 29.3 Å². The first-order chi connectivity index (χ1) is 8.66. The largest absolute Gasteiger partial charge is 0.389 e. The first-order valence-electron chi connectivity index (χ1n) is 6.84. The maximum absolute atomic E-state index is 5.68. The lowest BCUT2D eigenvalue weighted by atomic mass is 10.1. The van der Waals surface area contributed by atoms with E-state index in [-0.39, 0.29) is 0 Å². The first kappa shape index (κ1) is 13.3. The Kier molecular flexibility index (Phi) is 4.59. The topological polar surface area (TPSA) is 38.0 Å². The highest BCUT2D eigenvalue weighted by molar-refractivity contribution is 7.80. The number of anilines is 1. The van der Waals surface area contributed by atoms with Crippen LogP contribution < -0.4 is 11.1 Å². The molecule has 3 heteroatoms. The van der Waals surface area contributed by atoms with Gasteiger partial charge in [-0.05, 0) is 43.5 Å². The van der Waals surface area contributed by atoms with Gasteiger partial charge >= 0.3 is 0 Å². The highest BCUT2D eigenvalue weighted by Crippen LogP contribution is 2.22. The average molecular weight is 262 g/mol. The van der Waals surface area contributed by atoms with Gasteiger partial charge in [0.1, 0.15) is 4.99 Å². The van der Waals surface area contributed by atoms with Crippen LogP contribution in [-0.2, 0) is 0 Å². The molecule has 1 aliphatic rings. The molecular weight excluding hydrogens is 240 g/mol. The molecule has 0 bridgehead atoms. The number of benzene rings is 1. The van der Waals surface area contributed by atoms with E-state index < -0.39 is 0 Å². The number of hydrogen-bond donors (Lipinski definition) is 2. The summed E-state index contributed by atoms with van der Waals surface area (Å²) in [7, 11) is 0. The fourth-order valence-electron chi connectivity index (χ4n) is 2.69. The molecule has 0 unspecified atom stereocenters. The molecule has 0 radical (unpaired) electrons. The van der Waals surface area contributed by atoms with Crippen molar-refractivity contribution in [3.63, 3.8) is 0 Å². The summed E-state index contributed by atoms with van der Waals surface area (Å²) in [5.41, 5.74) is 9.01. The lowest BCUT2D eigenvalue weighted by Gasteiger charge is -2.18. The molecule has 1 fully saturated rings. The van der Waals surface area contributed by atoms with Crippen LogP contribution in [0.25, 0.3) is 0 Å². The molecule has 2 nitrogen and oxygen atoms in total. The molecule has 0 spiro atoms. The summed E-state index contributed by atoms with van der Waals surface area (Å²) >= 11 is 5.03. The van der Waals surface area contributed by atoms with E-state index >= 15 is 0 Å². The minimum Gasteiger partial charge on any atom is -0.389 e. The van der Waals surface area contributed by atoms with E-state index in [1.54, 1.807) is 0 Å². The van der Waals surface area contributed by atoms with Gasteiger partial charge in [-0.1, -0.05) is 37.9 Å². The number of rotatable bonds is 3. The molecule has 0 aliphatic heterocycles. The summed E-state index contributed by atoms with van der Waals surface area (Å²) in [6.45, 7) is 2.06. The molecular formula is C15H22N2S. The first-order valence-corrected chi connectivity index (χ1v) is 7.24. The number of aryl methyl sites for hydroxylation is 1. The summed E-state index contributed by atoms with van der Waals surface area (Å²) in [4.78, 5) is 0.480. The lowest BCUT2D eigenvalue weighted by molar-refractivity contribution is 0.620. The van der Waals surface area contributed by atoms with Crippen LogP contribution in [0.5, 0.6) is 0 Å². The smallest absolute Gasteiger partial charge is 0.104 e. The number of nitrogens with one attached hydrogen (secondary N) is 1. The molecule has 2 rings (SSSR count). The van der Waals surface area contributed by atoms with Crippen molar-refractivity contribution in [2.24, 2.45) is 5.73 Å². The summed E-state index contributed by atoms with van der Waals surface area (Å²) in [5, 5.41) is 3.64. The van der Waals surface area contributed by atoms with Crippen molar-refractivity contribution in [3.8, 4) is 0 Å². The second-order valence-corrected chi connectivity index (χ2v) is 5.67. The Morgan fingerprint density at radius 1 is 1.22 bits per heavy atom. The van der Waals surface area contributed by atoms with E-state index in [1.165, 1.54) is 44.2 Å². The number of nitrogens with two attached hydrogens (primary N) is 1. The summed E-state index contributed by atoms with van der Waals surface area (Å²) in [6, 6.07) is 6.89. The van der Waals surface area contributed by atoms with E-state index in [2.05, 4.69) is 24.4 Å². The zero-order valence-electron chi connectivity index (χ0n) is 11.0. The molecule has 0 atom stereocenters. The monoisotopic (exact) mass is 262 g/mol. The quantitative estimate of drug-likeness (QED) is 0.643. The fourth-order valence-corrected chi connectivity index (χ4v) is 2.92. The van der Waals surface area contributed by atoms with Crippen LogP contribution in [0, 0.1) is 6.92 Å². The highest BCUT2D eigenvalue weighted by atomic mass is 32.1. The zero-order valence-corrected chi connectivity index (χ0v) is 11.9. The van der Waals surface area contributed by atoms with Crippen molar-refractivity contribution in [2.45, 2.75) is 51.5 Å². The van der Waals surface area contributed by atoms with Gasteiger partial charge in [0, 0.05) is 17.3 Å². The predicted molar refractivity (Wildman–Crippen MR) is 82.2 cm³/mol. The second kappa shape index (κ2) is 6.19. The Labute approximate surface area is 115 Å². The van der Waals surface area contributed by atoms with Gasteiger partial charge < -0.3 is 11.1 Å². The zero-order chi connectivity index (χ0) is 13.0. The van der Waals surface area contributed by atoms with Crippen LogP contribution in [0.15, 0.2) is 18.2 Å². The molecule has 0 amide bonds. The van der Waals surface area contributed by atoms with Crippen LogP contribution in [-0.4, -0.2) is 11.0 Å². The molecule has 18 heavy (non-hydrogen) atoms. The van der Waals surface area contributed by atoms with Crippen LogP contribution in [0.1, 0.15) is 49.7 Å². The van der Waals surface area contributed by atoms with Crippen molar-refractivity contribution >= 4 is 22.9 Å². The van der Waals surface area contributed by atoms with Gasteiger partial charge in [0.2, 0.25) is 0 Å². The maximum Gasteiger partial charge on any atom is 0.104 e. The Morgan fingerprint density at radius 2 is 1.89 bits per heavy atom. The molecule has 1 aromatic carbocycles. The van der Waals surface area contributed by atoms with Crippen LogP contribution >= 0.6 is 12.2 Å². The van der Waals surface area contributed by atoms with Gasteiger partial charge in [-0.15, -0.1) is 0 Å². The minimum absolute atomic E-state index is 0.480. The Balaban J connectivity index is 2.05. The van der Waals surface area contributed by atoms with E-state index in [4.69, 9.17) is 18.0 Å². The fraction of sp³-hybridized carbons (Fsp3) is 0.533. The van der Waals surface area contributed by atoms with Gasteiger partial charge in [0.15, 0.2) is 0 Å². The van der Waals surface area contributed by atoms with Gasteiger partial charge in [-0.3, -0.25) is 0 Å². The highest BCUT2D eigenvalue weighted by Gasteiger charge is 2.12. The van der Waals surface area contributed by atoms with E-state index in [0.717, 1.165) is 11.1 Å². The number of thiocarbonyl (C=S) groups is 1. The average Bonchev–Trinajstić information content (AvgIpc) is 2.57. The molecule has 0 aromatic heterocycles. The normalized spacial score (nSPS) is 17.2. The molecule has 0 saturated heterocycles. The Morgan fingerprint density at radius 3 is 2.44 bits per heavy atom.